The predicted octanol–water partition coefficient (Wildman–Crippen LogP) is 1.84. The monoisotopic (exact) mass is 254 g/mol. The fraction of sp³-hybridized carbons (Fsp3) is 0.462. The van der Waals surface area contributed by atoms with Crippen LogP contribution in [0.1, 0.15) is 29.3 Å². The van der Waals surface area contributed by atoms with Crippen LogP contribution in [0, 0.1) is 0 Å². The van der Waals surface area contributed by atoms with Gasteiger partial charge >= 0.3 is 0 Å². The van der Waals surface area contributed by atoms with E-state index in [4.69, 9.17) is 5.73 Å². The van der Waals surface area contributed by atoms with Crippen molar-refractivity contribution < 1.29 is 4.79 Å². The second kappa shape index (κ2) is 6.03. The molecule has 1 aromatic rings. The van der Waals surface area contributed by atoms with E-state index in [-0.39, 0.29) is 24.4 Å². The lowest BCUT2D eigenvalue weighted by Crippen LogP contribution is -2.32. The average molecular weight is 255 g/mol. The summed E-state index contributed by atoms with van der Waals surface area (Å²) < 4.78 is 0. The van der Waals surface area contributed by atoms with Gasteiger partial charge in [-0.3, -0.25) is 4.79 Å². The van der Waals surface area contributed by atoms with Gasteiger partial charge in [0.25, 0.3) is 5.91 Å². The number of carbonyl (C=O) groups is 1. The number of carbonyl (C=O) groups excluding carboxylic acids is 1. The van der Waals surface area contributed by atoms with E-state index in [0.717, 1.165) is 30.5 Å². The molecule has 0 saturated carbocycles. The van der Waals surface area contributed by atoms with Crippen LogP contribution >= 0.6 is 12.4 Å². The van der Waals surface area contributed by atoms with E-state index in [2.05, 4.69) is 6.92 Å². The zero-order valence-electron chi connectivity index (χ0n) is 10.1. The Balaban J connectivity index is 0.00000144. The van der Waals surface area contributed by atoms with Crippen molar-refractivity contribution in [3.05, 3.63) is 35.4 Å². The van der Waals surface area contributed by atoms with E-state index in [0.29, 0.717) is 6.54 Å². The quantitative estimate of drug-likeness (QED) is 0.876. The molecule has 2 rings (SSSR count). The molecule has 1 amide bonds. The summed E-state index contributed by atoms with van der Waals surface area (Å²) >= 11 is 0. The lowest BCUT2D eigenvalue weighted by molar-refractivity contribution is 0.0790. The molecule has 1 fully saturated rings. The molecule has 17 heavy (non-hydrogen) atoms. The maximum atomic E-state index is 12.2. The third-order valence-electron chi connectivity index (χ3n) is 3.14. The van der Waals surface area contributed by atoms with Gasteiger partial charge in [0.05, 0.1) is 0 Å². The van der Waals surface area contributed by atoms with Crippen molar-refractivity contribution in [1.29, 1.82) is 0 Å². The van der Waals surface area contributed by atoms with Crippen molar-refractivity contribution >= 4 is 18.3 Å². The Bertz CT molecular complexity index is 395. The molecule has 3 nitrogen and oxygen atoms in total. The highest BCUT2D eigenvalue weighted by Crippen LogP contribution is 2.16. The number of likely N-dealkylation sites (tertiary alicyclic amines) is 1. The minimum absolute atomic E-state index is 0. The maximum Gasteiger partial charge on any atom is 0.254 e. The van der Waals surface area contributed by atoms with Crippen LogP contribution in [-0.2, 0) is 6.42 Å². The molecule has 0 bridgehead atoms. The molecule has 94 valence electrons. The molecule has 4 heteroatoms. The number of hydrogen-bond acceptors (Lipinski definition) is 2. The molecule has 1 heterocycles. The van der Waals surface area contributed by atoms with Crippen LogP contribution < -0.4 is 5.73 Å². The summed E-state index contributed by atoms with van der Waals surface area (Å²) in [5.41, 5.74) is 7.77. The van der Waals surface area contributed by atoms with E-state index in [9.17, 15) is 4.79 Å². The Kier molecular flexibility index (Phi) is 4.97. The summed E-state index contributed by atoms with van der Waals surface area (Å²) in [5.74, 6) is 0.130. The number of halogens is 1. The molecule has 0 spiro atoms. The zero-order valence-corrected chi connectivity index (χ0v) is 10.9. The molecule has 0 radical (unpaired) electrons. The highest BCUT2D eigenvalue weighted by molar-refractivity contribution is 5.95. The SMILES string of the molecule is CCc1ccccc1C(=O)N1CC[C@H](N)C1.Cl. The first-order chi connectivity index (χ1) is 7.72. The molecule has 0 unspecified atom stereocenters. The summed E-state index contributed by atoms with van der Waals surface area (Å²) in [5, 5.41) is 0. The zero-order chi connectivity index (χ0) is 11.5. The van der Waals surface area contributed by atoms with Gasteiger partial charge in [0.2, 0.25) is 0 Å². The van der Waals surface area contributed by atoms with Gasteiger partial charge in [0.15, 0.2) is 0 Å². The Morgan fingerprint density at radius 2 is 2.18 bits per heavy atom. The van der Waals surface area contributed by atoms with Crippen molar-refractivity contribution in [2.75, 3.05) is 13.1 Å². The lowest BCUT2D eigenvalue weighted by atomic mass is 10.0. The van der Waals surface area contributed by atoms with Gasteiger partial charge in [-0.1, -0.05) is 25.1 Å². The van der Waals surface area contributed by atoms with E-state index in [1.165, 1.54) is 0 Å². The molecule has 1 atom stereocenters. The number of hydrogen-bond donors (Lipinski definition) is 1. The van der Waals surface area contributed by atoms with Gasteiger partial charge in [-0.25, -0.2) is 0 Å². The molecule has 1 aliphatic rings. The van der Waals surface area contributed by atoms with E-state index in [1.807, 2.05) is 29.2 Å². The molecule has 2 N–H and O–H groups in total. The topological polar surface area (TPSA) is 46.3 Å². The minimum Gasteiger partial charge on any atom is -0.337 e. The maximum absolute atomic E-state index is 12.2. The van der Waals surface area contributed by atoms with Crippen molar-refractivity contribution in [1.82, 2.24) is 4.90 Å². The molecular formula is C13H19ClN2O. The van der Waals surface area contributed by atoms with Gasteiger partial charge in [-0.05, 0) is 24.5 Å². The van der Waals surface area contributed by atoms with Crippen LogP contribution in [0.25, 0.3) is 0 Å². The van der Waals surface area contributed by atoms with Crippen LogP contribution in [0.15, 0.2) is 24.3 Å². The molecule has 1 aromatic carbocycles. The fourth-order valence-electron chi connectivity index (χ4n) is 2.18. The number of amides is 1. The van der Waals surface area contributed by atoms with Gasteiger partial charge in [0, 0.05) is 24.7 Å². The Labute approximate surface area is 108 Å². The largest absolute Gasteiger partial charge is 0.337 e. The van der Waals surface area contributed by atoms with Crippen LogP contribution in [0.2, 0.25) is 0 Å². The second-order valence-electron chi connectivity index (χ2n) is 4.31. The predicted molar refractivity (Wildman–Crippen MR) is 71.6 cm³/mol. The Hall–Kier alpha value is -1.06. The van der Waals surface area contributed by atoms with Crippen molar-refractivity contribution in [2.45, 2.75) is 25.8 Å². The summed E-state index contributed by atoms with van der Waals surface area (Å²) in [6.45, 7) is 3.55. The Morgan fingerprint density at radius 3 is 2.76 bits per heavy atom. The first kappa shape index (κ1) is 14.0. The van der Waals surface area contributed by atoms with Crippen molar-refractivity contribution in [3.63, 3.8) is 0 Å². The summed E-state index contributed by atoms with van der Waals surface area (Å²) in [6.07, 6.45) is 1.81. The van der Waals surface area contributed by atoms with Gasteiger partial charge in [-0.15, -0.1) is 12.4 Å². The molecule has 1 saturated heterocycles. The number of benzene rings is 1. The standard InChI is InChI=1S/C13H18N2O.ClH/c1-2-10-5-3-4-6-12(10)13(16)15-8-7-11(14)9-15;/h3-6,11H,2,7-9,14H2,1H3;1H/t11-;/m0./s1. The first-order valence-corrected chi connectivity index (χ1v) is 5.85. The normalized spacial score (nSPS) is 18.9. The van der Waals surface area contributed by atoms with Crippen molar-refractivity contribution in [2.24, 2.45) is 5.73 Å². The van der Waals surface area contributed by atoms with E-state index in [1.54, 1.807) is 0 Å². The average Bonchev–Trinajstić information content (AvgIpc) is 2.75. The molecular weight excluding hydrogens is 236 g/mol. The van der Waals surface area contributed by atoms with Gasteiger partial charge < -0.3 is 10.6 Å². The third-order valence-corrected chi connectivity index (χ3v) is 3.14. The number of rotatable bonds is 2. The summed E-state index contributed by atoms with van der Waals surface area (Å²) in [4.78, 5) is 14.1. The van der Waals surface area contributed by atoms with Gasteiger partial charge in [0.1, 0.15) is 0 Å². The van der Waals surface area contributed by atoms with Crippen molar-refractivity contribution in [3.8, 4) is 0 Å². The van der Waals surface area contributed by atoms with E-state index < -0.39 is 0 Å². The highest BCUT2D eigenvalue weighted by atomic mass is 35.5. The Morgan fingerprint density at radius 1 is 1.47 bits per heavy atom. The molecule has 0 aromatic heterocycles. The number of aryl methyl sites for hydroxylation is 1. The van der Waals surface area contributed by atoms with Crippen LogP contribution in [-0.4, -0.2) is 29.9 Å². The highest BCUT2D eigenvalue weighted by Gasteiger charge is 2.25. The van der Waals surface area contributed by atoms with Gasteiger partial charge in [-0.2, -0.15) is 0 Å². The molecule has 1 aliphatic heterocycles. The van der Waals surface area contributed by atoms with Crippen LogP contribution in [0.5, 0.6) is 0 Å². The van der Waals surface area contributed by atoms with E-state index >= 15 is 0 Å². The fourth-order valence-corrected chi connectivity index (χ4v) is 2.18. The molecule has 0 aliphatic carbocycles. The summed E-state index contributed by atoms with van der Waals surface area (Å²) in [6, 6.07) is 7.97. The summed E-state index contributed by atoms with van der Waals surface area (Å²) in [7, 11) is 0. The second-order valence-corrected chi connectivity index (χ2v) is 4.31. The van der Waals surface area contributed by atoms with Crippen LogP contribution in [0.3, 0.4) is 0 Å². The smallest absolute Gasteiger partial charge is 0.254 e. The lowest BCUT2D eigenvalue weighted by Gasteiger charge is -2.17. The number of nitrogens with two attached hydrogens (primary N) is 1. The first-order valence-electron chi connectivity index (χ1n) is 5.85. The third kappa shape index (κ3) is 2.99. The number of nitrogens with zero attached hydrogens (tertiary/aromatic N) is 1. The minimum atomic E-state index is 0. The van der Waals surface area contributed by atoms with Crippen LogP contribution in [0.4, 0.5) is 0 Å².